The van der Waals surface area contributed by atoms with Crippen molar-refractivity contribution in [1.29, 1.82) is 0 Å². The molecule has 0 saturated heterocycles. The van der Waals surface area contributed by atoms with E-state index in [-0.39, 0.29) is 10.9 Å². The lowest BCUT2D eigenvalue weighted by Gasteiger charge is -2.14. The second-order valence-corrected chi connectivity index (χ2v) is 6.58. The minimum atomic E-state index is -4.78. The molecule has 1 aromatic heterocycles. The van der Waals surface area contributed by atoms with Gasteiger partial charge >= 0.3 is 6.36 Å². The maximum absolute atomic E-state index is 12.6. The minimum Gasteiger partial charge on any atom is -0.405 e. The standard InChI is InChI=1S/C18H13F3N2O2S/c1-26(24)17-22-10-9-15(23-17)13-6-4-5-12(11-13)14-7-2-3-8-16(14)25-18(19,20)21/h2-11H,1H3. The summed E-state index contributed by atoms with van der Waals surface area (Å²) in [4.78, 5) is 8.18. The van der Waals surface area contributed by atoms with Crippen LogP contribution in [-0.4, -0.2) is 26.8 Å². The van der Waals surface area contributed by atoms with Crippen molar-refractivity contribution in [2.24, 2.45) is 0 Å². The number of hydrogen-bond donors (Lipinski definition) is 0. The van der Waals surface area contributed by atoms with Crippen LogP contribution < -0.4 is 4.74 Å². The number of rotatable bonds is 4. The van der Waals surface area contributed by atoms with Crippen molar-refractivity contribution in [3.05, 3.63) is 60.8 Å². The first kappa shape index (κ1) is 18.1. The van der Waals surface area contributed by atoms with E-state index in [2.05, 4.69) is 14.7 Å². The fraction of sp³-hybridized carbons (Fsp3) is 0.111. The molecule has 0 spiro atoms. The lowest BCUT2D eigenvalue weighted by Crippen LogP contribution is -2.17. The third-order valence-electron chi connectivity index (χ3n) is 3.47. The van der Waals surface area contributed by atoms with Crippen molar-refractivity contribution in [2.75, 3.05) is 6.26 Å². The molecule has 0 aliphatic carbocycles. The molecule has 3 rings (SSSR count). The van der Waals surface area contributed by atoms with E-state index >= 15 is 0 Å². The summed E-state index contributed by atoms with van der Waals surface area (Å²) in [7, 11) is -1.34. The first-order chi connectivity index (χ1) is 12.3. The number of aromatic nitrogens is 2. The van der Waals surface area contributed by atoms with E-state index in [1.54, 1.807) is 42.5 Å². The highest BCUT2D eigenvalue weighted by Crippen LogP contribution is 2.35. The van der Waals surface area contributed by atoms with Crippen molar-refractivity contribution in [2.45, 2.75) is 11.5 Å². The van der Waals surface area contributed by atoms with E-state index in [0.717, 1.165) is 0 Å². The van der Waals surface area contributed by atoms with E-state index in [1.165, 1.54) is 24.6 Å². The van der Waals surface area contributed by atoms with Gasteiger partial charge in [-0.25, -0.2) is 9.97 Å². The van der Waals surface area contributed by atoms with Gasteiger partial charge in [0.25, 0.3) is 0 Å². The summed E-state index contributed by atoms with van der Waals surface area (Å²) in [6.07, 6.45) is -1.81. The van der Waals surface area contributed by atoms with Gasteiger partial charge in [0.1, 0.15) is 5.75 Å². The molecule has 8 heteroatoms. The Balaban J connectivity index is 2.04. The quantitative estimate of drug-likeness (QED) is 0.630. The first-order valence-corrected chi connectivity index (χ1v) is 9.01. The molecular weight excluding hydrogens is 365 g/mol. The molecule has 0 N–H and O–H groups in total. The molecule has 134 valence electrons. The summed E-state index contributed by atoms with van der Waals surface area (Å²) < 4.78 is 53.6. The zero-order chi connectivity index (χ0) is 18.7. The molecule has 3 aromatic rings. The average Bonchev–Trinajstić information content (AvgIpc) is 2.61. The summed E-state index contributed by atoms with van der Waals surface area (Å²) in [5.41, 5.74) is 2.04. The van der Waals surface area contributed by atoms with Crippen LogP contribution in [0.1, 0.15) is 0 Å². The summed E-state index contributed by atoms with van der Waals surface area (Å²) in [6, 6.07) is 14.4. The second kappa shape index (κ2) is 7.25. The van der Waals surface area contributed by atoms with Crippen molar-refractivity contribution >= 4 is 10.8 Å². The highest BCUT2D eigenvalue weighted by Gasteiger charge is 2.32. The maximum atomic E-state index is 12.6. The fourth-order valence-electron chi connectivity index (χ4n) is 2.40. The Morgan fingerprint density at radius 2 is 1.73 bits per heavy atom. The molecule has 0 amide bonds. The van der Waals surface area contributed by atoms with Crippen molar-refractivity contribution in [3.8, 4) is 28.1 Å². The Hall–Kier alpha value is -2.74. The number of benzene rings is 2. The van der Waals surface area contributed by atoms with Crippen LogP contribution in [0.5, 0.6) is 5.75 Å². The molecular formula is C18H13F3N2O2S. The van der Waals surface area contributed by atoms with Crippen LogP contribution in [0.15, 0.2) is 66.0 Å². The molecule has 0 bridgehead atoms. The Labute approximate surface area is 150 Å². The lowest BCUT2D eigenvalue weighted by molar-refractivity contribution is -0.274. The van der Waals surface area contributed by atoms with Crippen molar-refractivity contribution in [1.82, 2.24) is 9.97 Å². The van der Waals surface area contributed by atoms with Crippen LogP contribution in [0.3, 0.4) is 0 Å². The summed E-state index contributed by atoms with van der Waals surface area (Å²) >= 11 is 0. The van der Waals surface area contributed by atoms with Crippen LogP contribution in [0, 0.1) is 0 Å². The van der Waals surface area contributed by atoms with Gasteiger partial charge in [0.05, 0.1) is 16.5 Å². The van der Waals surface area contributed by atoms with E-state index in [4.69, 9.17) is 0 Å². The van der Waals surface area contributed by atoms with Gasteiger partial charge in [-0.05, 0) is 23.8 Å². The molecule has 0 fully saturated rings. The van der Waals surface area contributed by atoms with Gasteiger partial charge < -0.3 is 4.74 Å². The largest absolute Gasteiger partial charge is 0.573 e. The molecule has 0 aliphatic rings. The number of hydrogen-bond acceptors (Lipinski definition) is 4. The molecule has 4 nitrogen and oxygen atoms in total. The molecule has 0 saturated carbocycles. The minimum absolute atomic E-state index is 0.189. The topological polar surface area (TPSA) is 52.1 Å². The number of nitrogens with zero attached hydrogens (tertiary/aromatic N) is 2. The van der Waals surface area contributed by atoms with Gasteiger partial charge in [-0.1, -0.05) is 36.4 Å². The highest BCUT2D eigenvalue weighted by atomic mass is 32.2. The Morgan fingerprint density at radius 1 is 1.00 bits per heavy atom. The van der Waals surface area contributed by atoms with Crippen LogP contribution in [-0.2, 0) is 10.8 Å². The van der Waals surface area contributed by atoms with Crippen LogP contribution >= 0.6 is 0 Å². The molecule has 0 aliphatic heterocycles. The number of para-hydroxylation sites is 1. The molecule has 26 heavy (non-hydrogen) atoms. The van der Waals surface area contributed by atoms with E-state index in [1.807, 2.05) is 0 Å². The molecule has 2 aromatic carbocycles. The Morgan fingerprint density at radius 3 is 2.46 bits per heavy atom. The summed E-state index contributed by atoms with van der Waals surface area (Å²) in [5, 5.41) is 0.189. The summed E-state index contributed by atoms with van der Waals surface area (Å²) in [6.45, 7) is 0. The van der Waals surface area contributed by atoms with Crippen LogP contribution in [0.2, 0.25) is 0 Å². The average molecular weight is 378 g/mol. The fourth-order valence-corrected chi connectivity index (χ4v) is 2.84. The van der Waals surface area contributed by atoms with Gasteiger partial charge in [0.15, 0.2) is 0 Å². The maximum Gasteiger partial charge on any atom is 0.573 e. The predicted molar refractivity (Wildman–Crippen MR) is 91.9 cm³/mol. The van der Waals surface area contributed by atoms with Gasteiger partial charge in [-0.15, -0.1) is 13.2 Å². The molecule has 0 radical (unpaired) electrons. The van der Waals surface area contributed by atoms with Gasteiger partial charge in [0, 0.05) is 23.6 Å². The highest BCUT2D eigenvalue weighted by molar-refractivity contribution is 7.84. The smallest absolute Gasteiger partial charge is 0.405 e. The Kier molecular flexibility index (Phi) is 5.03. The summed E-state index contributed by atoms with van der Waals surface area (Å²) in [5.74, 6) is -0.282. The van der Waals surface area contributed by atoms with Crippen molar-refractivity contribution in [3.63, 3.8) is 0 Å². The van der Waals surface area contributed by atoms with Crippen molar-refractivity contribution < 1.29 is 22.1 Å². The SMILES string of the molecule is CS(=O)c1nccc(-c2cccc(-c3ccccc3OC(F)(F)F)c2)n1. The predicted octanol–water partition coefficient (Wildman–Crippen LogP) is 4.45. The normalized spacial score (nSPS) is 12.6. The number of ether oxygens (including phenoxy) is 1. The van der Waals surface area contributed by atoms with E-state index in [9.17, 15) is 17.4 Å². The molecule has 1 atom stereocenters. The third-order valence-corrected chi connectivity index (χ3v) is 4.18. The molecule has 1 heterocycles. The third kappa shape index (κ3) is 4.26. The van der Waals surface area contributed by atoms with Crippen LogP contribution in [0.25, 0.3) is 22.4 Å². The first-order valence-electron chi connectivity index (χ1n) is 7.45. The van der Waals surface area contributed by atoms with E-state index < -0.39 is 17.2 Å². The van der Waals surface area contributed by atoms with Gasteiger partial charge in [0.2, 0.25) is 5.16 Å². The Bertz CT molecular complexity index is 961. The monoisotopic (exact) mass is 378 g/mol. The van der Waals surface area contributed by atoms with Gasteiger partial charge in [-0.3, -0.25) is 4.21 Å². The van der Waals surface area contributed by atoms with Gasteiger partial charge in [-0.2, -0.15) is 0 Å². The second-order valence-electron chi connectivity index (χ2n) is 5.30. The van der Waals surface area contributed by atoms with E-state index in [0.29, 0.717) is 22.4 Å². The zero-order valence-corrected chi connectivity index (χ0v) is 14.3. The number of halogens is 3. The zero-order valence-electron chi connectivity index (χ0n) is 13.5. The molecule has 1 unspecified atom stereocenters. The van der Waals surface area contributed by atoms with Crippen LogP contribution in [0.4, 0.5) is 13.2 Å². The number of alkyl halides is 3. The lowest BCUT2D eigenvalue weighted by atomic mass is 10.0.